The van der Waals surface area contributed by atoms with Crippen molar-refractivity contribution in [3.8, 4) is 0 Å². The molecule has 1 N–H and O–H groups in total. The smallest absolute Gasteiger partial charge is 0.233 e. The van der Waals surface area contributed by atoms with E-state index in [0.29, 0.717) is 0 Å². The molecule has 1 amide bonds. The van der Waals surface area contributed by atoms with E-state index in [2.05, 4.69) is 5.32 Å². The van der Waals surface area contributed by atoms with Crippen LogP contribution < -0.4 is 5.32 Å². The van der Waals surface area contributed by atoms with Crippen molar-refractivity contribution in [2.75, 3.05) is 24.3 Å². The Kier molecular flexibility index (Phi) is 3.42. The van der Waals surface area contributed by atoms with Crippen LogP contribution in [0.5, 0.6) is 0 Å². The molecule has 1 rings (SSSR count). The zero-order valence-corrected chi connectivity index (χ0v) is 7.56. The number of amides is 1. The van der Waals surface area contributed by atoms with E-state index >= 15 is 0 Å². The van der Waals surface area contributed by atoms with Crippen LogP contribution in [0.15, 0.2) is 0 Å². The third kappa shape index (κ3) is 2.09. The summed E-state index contributed by atoms with van der Waals surface area (Å²) in [5.41, 5.74) is 0. The van der Waals surface area contributed by atoms with Crippen LogP contribution >= 0.6 is 23.5 Å². The lowest BCUT2D eigenvalue weighted by atomic mass is 10.4. The highest BCUT2D eigenvalue weighted by atomic mass is 32.2. The average molecular weight is 177 g/mol. The molecule has 0 aromatic heterocycles. The van der Waals surface area contributed by atoms with Crippen molar-refractivity contribution < 1.29 is 4.79 Å². The molecule has 0 aromatic rings. The van der Waals surface area contributed by atoms with Gasteiger partial charge in [-0.15, -0.1) is 11.8 Å². The fraction of sp³-hybridized carbons (Fsp3) is 0.833. The number of hydrogen-bond donors (Lipinski definition) is 1. The van der Waals surface area contributed by atoms with Crippen LogP contribution in [-0.2, 0) is 4.79 Å². The van der Waals surface area contributed by atoms with Crippen LogP contribution in [0.1, 0.15) is 0 Å². The van der Waals surface area contributed by atoms with Gasteiger partial charge in [-0.1, -0.05) is 0 Å². The largest absolute Gasteiger partial charge is 0.358 e. The maximum atomic E-state index is 11.0. The molecule has 1 fully saturated rings. The zero-order chi connectivity index (χ0) is 7.40. The lowest BCUT2D eigenvalue weighted by Gasteiger charge is -2.18. The van der Waals surface area contributed by atoms with Crippen molar-refractivity contribution in [1.29, 1.82) is 0 Å². The van der Waals surface area contributed by atoms with Crippen LogP contribution in [0.2, 0.25) is 0 Å². The molecule has 0 aliphatic carbocycles. The van der Waals surface area contributed by atoms with Gasteiger partial charge in [0.1, 0.15) is 0 Å². The van der Waals surface area contributed by atoms with E-state index in [1.165, 1.54) is 5.75 Å². The van der Waals surface area contributed by atoms with Crippen LogP contribution in [0.3, 0.4) is 0 Å². The standard InChI is InChI=1S/C6H11NOS2/c1-7-6(8)5-4-9-2-3-10-5/h5H,2-4H2,1H3,(H,7,8). The van der Waals surface area contributed by atoms with Gasteiger partial charge in [0.2, 0.25) is 5.91 Å². The first-order chi connectivity index (χ1) is 4.84. The minimum absolute atomic E-state index is 0.178. The highest BCUT2D eigenvalue weighted by Gasteiger charge is 2.20. The molecule has 1 unspecified atom stereocenters. The van der Waals surface area contributed by atoms with Crippen LogP contribution in [0.25, 0.3) is 0 Å². The Bertz CT molecular complexity index is 123. The van der Waals surface area contributed by atoms with Gasteiger partial charge in [0.25, 0.3) is 0 Å². The Labute approximate surface area is 69.5 Å². The molecule has 2 nitrogen and oxygen atoms in total. The fourth-order valence-corrected chi connectivity index (χ4v) is 3.42. The Balaban J connectivity index is 2.31. The molecule has 4 heteroatoms. The summed E-state index contributed by atoms with van der Waals surface area (Å²) >= 11 is 3.63. The maximum absolute atomic E-state index is 11.0. The third-order valence-corrected chi connectivity index (χ3v) is 4.11. The van der Waals surface area contributed by atoms with Gasteiger partial charge >= 0.3 is 0 Å². The normalized spacial score (nSPS) is 25.9. The molecule has 1 heterocycles. The Morgan fingerprint density at radius 1 is 1.60 bits per heavy atom. The number of carbonyl (C=O) groups is 1. The summed E-state index contributed by atoms with van der Waals surface area (Å²) in [4.78, 5) is 11.0. The molecule has 0 bridgehead atoms. The SMILES string of the molecule is CNC(=O)C1CSCCS1. The van der Waals surface area contributed by atoms with Crippen LogP contribution in [-0.4, -0.2) is 35.5 Å². The van der Waals surface area contributed by atoms with E-state index in [1.807, 2.05) is 11.8 Å². The first-order valence-electron chi connectivity index (χ1n) is 3.25. The molecule has 0 radical (unpaired) electrons. The summed E-state index contributed by atoms with van der Waals surface area (Å²) in [6.45, 7) is 0. The zero-order valence-electron chi connectivity index (χ0n) is 5.92. The number of nitrogens with one attached hydrogen (secondary N) is 1. The summed E-state index contributed by atoms with van der Waals surface area (Å²) in [7, 11) is 1.70. The monoisotopic (exact) mass is 177 g/mol. The Hall–Kier alpha value is 0.170. The molecule has 58 valence electrons. The van der Waals surface area contributed by atoms with Gasteiger partial charge in [0.05, 0.1) is 5.25 Å². The van der Waals surface area contributed by atoms with E-state index < -0.39 is 0 Å². The number of carbonyl (C=O) groups excluding carboxylic acids is 1. The van der Waals surface area contributed by atoms with Crippen molar-refractivity contribution in [3.05, 3.63) is 0 Å². The van der Waals surface area contributed by atoms with Gasteiger partial charge in [0.15, 0.2) is 0 Å². The predicted molar refractivity (Wildman–Crippen MR) is 47.6 cm³/mol. The summed E-state index contributed by atoms with van der Waals surface area (Å²) < 4.78 is 0. The number of thioether (sulfide) groups is 2. The third-order valence-electron chi connectivity index (χ3n) is 1.35. The molecular weight excluding hydrogens is 166 g/mol. The van der Waals surface area contributed by atoms with E-state index in [4.69, 9.17) is 0 Å². The number of hydrogen-bond acceptors (Lipinski definition) is 3. The van der Waals surface area contributed by atoms with E-state index in [1.54, 1.807) is 18.8 Å². The molecule has 0 spiro atoms. The molecule has 0 aromatic carbocycles. The topological polar surface area (TPSA) is 29.1 Å². The van der Waals surface area contributed by atoms with Gasteiger partial charge in [0, 0.05) is 24.3 Å². The second-order valence-corrected chi connectivity index (χ2v) is 4.51. The second kappa shape index (κ2) is 4.13. The minimum atomic E-state index is 0.178. The second-order valence-electron chi connectivity index (χ2n) is 2.05. The summed E-state index contributed by atoms with van der Waals surface area (Å²) in [5, 5.41) is 2.86. The summed E-state index contributed by atoms with van der Waals surface area (Å²) in [6, 6.07) is 0. The molecular formula is C6H11NOS2. The summed E-state index contributed by atoms with van der Waals surface area (Å²) in [6.07, 6.45) is 0. The molecule has 1 aliphatic heterocycles. The summed E-state index contributed by atoms with van der Waals surface area (Å²) in [5.74, 6) is 3.46. The fourth-order valence-electron chi connectivity index (χ4n) is 0.800. The van der Waals surface area contributed by atoms with Crippen LogP contribution in [0, 0.1) is 0 Å². The van der Waals surface area contributed by atoms with Gasteiger partial charge in [-0.2, -0.15) is 11.8 Å². The molecule has 10 heavy (non-hydrogen) atoms. The van der Waals surface area contributed by atoms with Gasteiger partial charge < -0.3 is 5.32 Å². The van der Waals surface area contributed by atoms with Crippen molar-refractivity contribution in [3.63, 3.8) is 0 Å². The highest BCUT2D eigenvalue weighted by Crippen LogP contribution is 2.23. The molecule has 0 saturated carbocycles. The van der Waals surface area contributed by atoms with E-state index in [0.717, 1.165) is 11.5 Å². The predicted octanol–water partition coefficient (Wildman–Crippen LogP) is 0.581. The quantitative estimate of drug-likeness (QED) is 0.635. The van der Waals surface area contributed by atoms with Crippen molar-refractivity contribution in [2.24, 2.45) is 0 Å². The van der Waals surface area contributed by atoms with E-state index in [-0.39, 0.29) is 11.2 Å². The van der Waals surface area contributed by atoms with E-state index in [9.17, 15) is 4.79 Å². The first-order valence-corrected chi connectivity index (χ1v) is 5.46. The van der Waals surface area contributed by atoms with Crippen molar-refractivity contribution >= 4 is 29.4 Å². The average Bonchev–Trinajstić information content (AvgIpc) is 2.05. The highest BCUT2D eigenvalue weighted by molar-refractivity contribution is 8.07. The number of rotatable bonds is 1. The molecule has 1 aliphatic rings. The Morgan fingerprint density at radius 3 is 2.90 bits per heavy atom. The van der Waals surface area contributed by atoms with Crippen LogP contribution in [0.4, 0.5) is 0 Å². The molecule has 1 saturated heterocycles. The minimum Gasteiger partial charge on any atom is -0.358 e. The van der Waals surface area contributed by atoms with Crippen molar-refractivity contribution in [2.45, 2.75) is 5.25 Å². The maximum Gasteiger partial charge on any atom is 0.233 e. The first kappa shape index (κ1) is 8.27. The van der Waals surface area contributed by atoms with Crippen molar-refractivity contribution in [1.82, 2.24) is 5.32 Å². The van der Waals surface area contributed by atoms with Gasteiger partial charge in [-0.3, -0.25) is 4.79 Å². The van der Waals surface area contributed by atoms with Gasteiger partial charge in [-0.25, -0.2) is 0 Å². The molecule has 1 atom stereocenters. The Morgan fingerprint density at radius 2 is 2.40 bits per heavy atom. The lowest BCUT2D eigenvalue weighted by molar-refractivity contribution is -0.119. The lowest BCUT2D eigenvalue weighted by Crippen LogP contribution is -2.33. The van der Waals surface area contributed by atoms with Gasteiger partial charge in [-0.05, 0) is 0 Å².